The van der Waals surface area contributed by atoms with Crippen LogP contribution in [0.1, 0.15) is 67.6 Å². The second-order valence-corrected chi connectivity index (χ2v) is 9.38. The number of amides is 1. The second-order valence-electron chi connectivity index (χ2n) is 7.41. The Morgan fingerprint density at radius 1 is 1.31 bits per heavy atom. The van der Waals surface area contributed by atoms with Crippen molar-refractivity contribution in [2.45, 2.75) is 62.7 Å². The molecule has 29 heavy (non-hydrogen) atoms. The van der Waals surface area contributed by atoms with Gasteiger partial charge in [0.15, 0.2) is 5.16 Å². The monoisotopic (exact) mass is 430 g/mol. The van der Waals surface area contributed by atoms with E-state index in [0.29, 0.717) is 11.8 Å². The first-order valence-corrected chi connectivity index (χ1v) is 12.0. The van der Waals surface area contributed by atoms with Gasteiger partial charge >= 0.3 is 0 Å². The van der Waals surface area contributed by atoms with Crippen molar-refractivity contribution in [2.24, 2.45) is 0 Å². The molecule has 0 bridgehead atoms. The molecule has 1 amide bonds. The predicted octanol–water partition coefficient (Wildman–Crippen LogP) is 5.00. The Balaban J connectivity index is 1.44. The van der Waals surface area contributed by atoms with E-state index in [4.69, 9.17) is 4.42 Å². The summed E-state index contributed by atoms with van der Waals surface area (Å²) in [4.78, 5) is 13.7. The van der Waals surface area contributed by atoms with Crippen molar-refractivity contribution in [3.05, 3.63) is 52.4 Å². The molecule has 0 aromatic carbocycles. The lowest BCUT2D eigenvalue weighted by molar-refractivity contribution is -0.119. The first-order valence-electron chi connectivity index (χ1n) is 10.1. The Morgan fingerprint density at radius 2 is 2.17 bits per heavy atom. The van der Waals surface area contributed by atoms with Crippen LogP contribution in [-0.4, -0.2) is 26.4 Å². The molecule has 8 heteroatoms. The van der Waals surface area contributed by atoms with Crippen molar-refractivity contribution in [1.82, 2.24) is 20.1 Å². The third-order valence-electron chi connectivity index (χ3n) is 5.27. The van der Waals surface area contributed by atoms with Gasteiger partial charge in [-0.2, -0.15) is 0 Å². The zero-order valence-electron chi connectivity index (χ0n) is 16.5. The van der Waals surface area contributed by atoms with Crippen LogP contribution in [0.15, 0.2) is 45.5 Å². The Labute approximate surface area is 179 Å². The third-order valence-corrected chi connectivity index (χ3v) is 7.09. The third kappa shape index (κ3) is 5.11. The fraction of sp³-hybridized carbons (Fsp3) is 0.476. The molecule has 1 atom stereocenters. The van der Waals surface area contributed by atoms with Crippen molar-refractivity contribution in [1.29, 1.82) is 0 Å². The molecule has 1 aliphatic carbocycles. The maximum atomic E-state index is 12.4. The number of nitrogens with one attached hydrogen (secondary N) is 1. The minimum atomic E-state index is -0.149. The molecule has 0 saturated heterocycles. The molecular weight excluding hydrogens is 404 g/mol. The maximum absolute atomic E-state index is 12.4. The lowest BCUT2D eigenvalue weighted by Crippen LogP contribution is -2.28. The summed E-state index contributed by atoms with van der Waals surface area (Å²) in [6, 6.07) is 8.19. The van der Waals surface area contributed by atoms with E-state index in [1.807, 2.05) is 19.1 Å². The lowest BCUT2D eigenvalue weighted by atomic mass is 9.95. The van der Waals surface area contributed by atoms with Crippen LogP contribution in [0.5, 0.6) is 0 Å². The number of hydrogen-bond acceptors (Lipinski definition) is 6. The highest BCUT2D eigenvalue weighted by atomic mass is 32.2. The molecule has 1 aliphatic rings. The van der Waals surface area contributed by atoms with Crippen LogP contribution in [0.2, 0.25) is 0 Å². The Bertz CT molecular complexity index is 899. The van der Waals surface area contributed by atoms with Crippen LogP contribution in [0.3, 0.4) is 0 Å². The Hall–Kier alpha value is -2.06. The fourth-order valence-corrected chi connectivity index (χ4v) is 5.36. The van der Waals surface area contributed by atoms with Crippen LogP contribution in [0.4, 0.5) is 0 Å². The zero-order chi connectivity index (χ0) is 20.1. The summed E-state index contributed by atoms with van der Waals surface area (Å²) < 4.78 is 7.66. The van der Waals surface area contributed by atoms with E-state index in [0.717, 1.165) is 36.0 Å². The summed E-state index contributed by atoms with van der Waals surface area (Å²) in [5, 5.41) is 14.9. The van der Waals surface area contributed by atoms with Crippen molar-refractivity contribution < 1.29 is 9.21 Å². The summed E-state index contributed by atoms with van der Waals surface area (Å²) in [6.07, 6.45) is 8.51. The number of hydrogen-bond donors (Lipinski definition) is 1. The van der Waals surface area contributed by atoms with Gasteiger partial charge in [-0.1, -0.05) is 37.1 Å². The largest absolute Gasteiger partial charge is 0.467 e. The van der Waals surface area contributed by atoms with Gasteiger partial charge in [-0.25, -0.2) is 0 Å². The average Bonchev–Trinajstić information content (AvgIpc) is 3.50. The highest BCUT2D eigenvalue weighted by Crippen LogP contribution is 2.33. The number of aromatic nitrogens is 3. The van der Waals surface area contributed by atoms with Crippen LogP contribution in [-0.2, 0) is 11.2 Å². The Kier molecular flexibility index (Phi) is 6.71. The van der Waals surface area contributed by atoms with Gasteiger partial charge in [0.2, 0.25) is 5.91 Å². The van der Waals surface area contributed by atoms with Gasteiger partial charge in [0.1, 0.15) is 11.6 Å². The summed E-state index contributed by atoms with van der Waals surface area (Å²) in [5.74, 6) is 2.05. The number of nitrogens with zero attached hydrogens (tertiary/aromatic N) is 3. The fourth-order valence-electron chi connectivity index (χ4n) is 3.82. The van der Waals surface area contributed by atoms with Crippen molar-refractivity contribution in [3.63, 3.8) is 0 Å². The quantitative estimate of drug-likeness (QED) is 0.509. The maximum Gasteiger partial charge on any atom is 0.231 e. The second kappa shape index (κ2) is 9.63. The molecular formula is C21H26N4O2S2. The molecule has 0 spiro atoms. The van der Waals surface area contributed by atoms with E-state index >= 15 is 0 Å². The number of furan rings is 1. The highest BCUT2D eigenvalue weighted by Gasteiger charge is 2.24. The summed E-state index contributed by atoms with van der Waals surface area (Å²) in [6.45, 7) is 1.92. The molecule has 3 heterocycles. The lowest BCUT2D eigenvalue weighted by Gasteiger charge is -2.25. The van der Waals surface area contributed by atoms with Crippen LogP contribution in [0.25, 0.3) is 0 Å². The smallest absolute Gasteiger partial charge is 0.231 e. The molecule has 3 aromatic rings. The van der Waals surface area contributed by atoms with E-state index < -0.39 is 0 Å². The minimum Gasteiger partial charge on any atom is -0.467 e. The average molecular weight is 431 g/mol. The molecule has 4 rings (SSSR count). The molecule has 0 unspecified atom stereocenters. The van der Waals surface area contributed by atoms with Crippen molar-refractivity contribution in [3.8, 4) is 0 Å². The summed E-state index contributed by atoms with van der Waals surface area (Å²) in [7, 11) is 0. The normalized spacial score (nSPS) is 16.0. The highest BCUT2D eigenvalue weighted by molar-refractivity contribution is 7.99. The predicted molar refractivity (Wildman–Crippen MR) is 115 cm³/mol. The van der Waals surface area contributed by atoms with Gasteiger partial charge in [-0.3, -0.25) is 4.79 Å². The van der Waals surface area contributed by atoms with Crippen molar-refractivity contribution in [2.75, 3.05) is 5.75 Å². The molecule has 154 valence electrons. The van der Waals surface area contributed by atoms with E-state index in [9.17, 15) is 4.79 Å². The van der Waals surface area contributed by atoms with Gasteiger partial charge in [-0.15, -0.1) is 21.5 Å². The van der Waals surface area contributed by atoms with Crippen LogP contribution >= 0.6 is 23.1 Å². The molecule has 6 nitrogen and oxygen atoms in total. The van der Waals surface area contributed by atoms with E-state index in [-0.39, 0.29) is 11.9 Å². The summed E-state index contributed by atoms with van der Waals surface area (Å²) in [5.41, 5.74) is 0. The standard InChI is InChI=1S/C21H26N4O2S2/c1-15(18-10-5-11-27-18)22-20(26)14-29-21-24-23-19(13-17-9-6-12-28-17)25(21)16-7-3-2-4-8-16/h5-6,9-12,15-16H,2-4,7-8,13-14H2,1H3,(H,22,26)/t15-/m0/s1. The number of rotatable bonds is 8. The molecule has 1 N–H and O–H groups in total. The van der Waals surface area contributed by atoms with Gasteiger partial charge in [0.25, 0.3) is 0 Å². The van der Waals surface area contributed by atoms with Crippen LogP contribution < -0.4 is 5.32 Å². The molecule has 1 saturated carbocycles. The van der Waals surface area contributed by atoms with Gasteiger partial charge in [0, 0.05) is 17.3 Å². The SMILES string of the molecule is C[C@H](NC(=O)CSc1nnc(Cc2cccs2)n1C1CCCCC1)c1ccco1. The summed E-state index contributed by atoms with van der Waals surface area (Å²) >= 11 is 3.22. The van der Waals surface area contributed by atoms with Gasteiger partial charge < -0.3 is 14.3 Å². The van der Waals surface area contributed by atoms with Gasteiger partial charge in [0.05, 0.1) is 18.1 Å². The number of carbonyl (C=O) groups excluding carboxylic acids is 1. The molecule has 0 aliphatic heterocycles. The zero-order valence-corrected chi connectivity index (χ0v) is 18.2. The van der Waals surface area contributed by atoms with E-state index in [1.54, 1.807) is 17.6 Å². The Morgan fingerprint density at radius 3 is 2.90 bits per heavy atom. The van der Waals surface area contributed by atoms with Crippen molar-refractivity contribution >= 4 is 29.0 Å². The van der Waals surface area contributed by atoms with Crippen LogP contribution in [0, 0.1) is 0 Å². The first kappa shape index (κ1) is 20.2. The van der Waals surface area contributed by atoms with E-state index in [1.165, 1.54) is 35.9 Å². The number of thioether (sulfide) groups is 1. The number of thiophene rings is 1. The topological polar surface area (TPSA) is 73.0 Å². The molecule has 0 radical (unpaired) electrons. The van der Waals surface area contributed by atoms with E-state index in [2.05, 4.69) is 37.6 Å². The number of carbonyl (C=O) groups is 1. The van der Waals surface area contributed by atoms with Gasteiger partial charge in [-0.05, 0) is 43.3 Å². The molecule has 1 fully saturated rings. The molecule has 3 aromatic heterocycles. The first-order chi connectivity index (χ1) is 14.2. The minimum absolute atomic E-state index is 0.0306.